The Morgan fingerprint density at radius 1 is 1.50 bits per heavy atom. The van der Waals surface area contributed by atoms with Crippen LogP contribution in [0, 0.1) is 0 Å². The molecule has 0 saturated carbocycles. The molecule has 3 rings (SSSR count). The number of aromatic nitrogens is 2. The molecule has 22 heavy (non-hydrogen) atoms. The van der Waals surface area contributed by atoms with Gasteiger partial charge in [0.2, 0.25) is 5.91 Å². The molecule has 1 aromatic carbocycles. The molecule has 1 aliphatic rings. The van der Waals surface area contributed by atoms with Gasteiger partial charge in [0.05, 0.1) is 29.9 Å². The van der Waals surface area contributed by atoms with Crippen LogP contribution >= 0.6 is 15.9 Å². The van der Waals surface area contributed by atoms with Gasteiger partial charge in [-0.1, -0.05) is 15.9 Å². The highest BCUT2D eigenvalue weighted by atomic mass is 79.9. The van der Waals surface area contributed by atoms with Crippen LogP contribution in [0.4, 0.5) is 0 Å². The third kappa shape index (κ3) is 3.05. The fourth-order valence-corrected chi connectivity index (χ4v) is 2.90. The highest BCUT2D eigenvalue weighted by molar-refractivity contribution is 9.10. The number of hydrogen-bond acceptors (Lipinski definition) is 4. The fraction of sp³-hybridized carbons (Fsp3) is 0.400. The quantitative estimate of drug-likeness (QED) is 0.806. The van der Waals surface area contributed by atoms with E-state index in [1.165, 1.54) is 10.9 Å². The molecule has 1 aliphatic heterocycles. The highest BCUT2D eigenvalue weighted by Crippen LogP contribution is 2.15. The lowest BCUT2D eigenvalue weighted by atomic mass is 10.2. The average Bonchev–Trinajstić information content (AvgIpc) is 2.50. The van der Waals surface area contributed by atoms with E-state index in [1.54, 1.807) is 17.0 Å². The molecule has 6 nitrogen and oxygen atoms in total. The summed E-state index contributed by atoms with van der Waals surface area (Å²) in [6, 6.07) is 5.33. The van der Waals surface area contributed by atoms with Gasteiger partial charge in [-0.3, -0.25) is 14.2 Å². The Bertz CT molecular complexity index is 774. The number of ether oxygens (including phenoxy) is 1. The van der Waals surface area contributed by atoms with Crippen LogP contribution in [0.25, 0.3) is 10.9 Å². The van der Waals surface area contributed by atoms with Crippen LogP contribution in [-0.4, -0.2) is 46.2 Å². The summed E-state index contributed by atoms with van der Waals surface area (Å²) in [6.07, 6.45) is 1.46. The Hall–Kier alpha value is -1.73. The van der Waals surface area contributed by atoms with E-state index in [1.807, 2.05) is 13.0 Å². The molecule has 0 radical (unpaired) electrons. The first kappa shape index (κ1) is 15.2. The monoisotopic (exact) mass is 365 g/mol. The van der Waals surface area contributed by atoms with Gasteiger partial charge in [0.15, 0.2) is 0 Å². The predicted molar refractivity (Wildman–Crippen MR) is 85.7 cm³/mol. The van der Waals surface area contributed by atoms with Crippen molar-refractivity contribution in [3.05, 3.63) is 39.4 Å². The Morgan fingerprint density at radius 3 is 3.09 bits per heavy atom. The van der Waals surface area contributed by atoms with E-state index in [-0.39, 0.29) is 24.1 Å². The number of benzene rings is 1. The Labute approximate surface area is 135 Å². The zero-order valence-electron chi connectivity index (χ0n) is 12.2. The van der Waals surface area contributed by atoms with Gasteiger partial charge in [0.25, 0.3) is 5.56 Å². The molecular weight excluding hydrogens is 350 g/mol. The molecule has 116 valence electrons. The van der Waals surface area contributed by atoms with Gasteiger partial charge < -0.3 is 9.64 Å². The molecule has 1 amide bonds. The number of amides is 1. The van der Waals surface area contributed by atoms with Crippen LogP contribution in [0.15, 0.2) is 33.8 Å². The molecule has 0 spiro atoms. The highest BCUT2D eigenvalue weighted by Gasteiger charge is 2.21. The molecule has 0 N–H and O–H groups in total. The summed E-state index contributed by atoms with van der Waals surface area (Å²) in [4.78, 5) is 30.8. The van der Waals surface area contributed by atoms with Crippen molar-refractivity contribution < 1.29 is 9.53 Å². The lowest BCUT2D eigenvalue weighted by Gasteiger charge is -2.31. The van der Waals surface area contributed by atoms with Crippen molar-refractivity contribution in [2.45, 2.75) is 19.6 Å². The Morgan fingerprint density at radius 2 is 2.32 bits per heavy atom. The van der Waals surface area contributed by atoms with Gasteiger partial charge in [-0.05, 0) is 25.1 Å². The maximum atomic E-state index is 12.5. The summed E-state index contributed by atoms with van der Waals surface area (Å²) in [6.45, 7) is 3.58. The van der Waals surface area contributed by atoms with Gasteiger partial charge in [-0.25, -0.2) is 4.98 Å². The largest absolute Gasteiger partial charge is 0.375 e. The molecule has 1 fully saturated rings. The van der Waals surface area contributed by atoms with Crippen LogP contribution in [0.1, 0.15) is 6.92 Å². The number of halogens is 1. The van der Waals surface area contributed by atoms with E-state index >= 15 is 0 Å². The molecule has 0 aliphatic carbocycles. The van der Waals surface area contributed by atoms with Crippen molar-refractivity contribution in [2.24, 2.45) is 0 Å². The molecule has 2 aromatic rings. The maximum Gasteiger partial charge on any atom is 0.261 e. The van der Waals surface area contributed by atoms with E-state index in [0.29, 0.717) is 30.6 Å². The first-order valence-corrected chi connectivity index (χ1v) is 7.88. The van der Waals surface area contributed by atoms with Gasteiger partial charge in [0, 0.05) is 17.6 Å². The third-order valence-corrected chi connectivity index (χ3v) is 4.18. The fourth-order valence-electron chi connectivity index (χ4n) is 2.53. The normalized spacial score (nSPS) is 18.6. The van der Waals surface area contributed by atoms with E-state index in [2.05, 4.69) is 20.9 Å². The standard InChI is InChI=1S/C15H16BrN3O3/c1-10-7-18(4-5-22-10)14(20)8-19-9-17-13-3-2-11(16)6-12(13)15(19)21/h2-3,6,9-10H,4-5,7-8H2,1H3. The number of nitrogens with zero attached hydrogens (tertiary/aromatic N) is 3. The van der Waals surface area contributed by atoms with Crippen LogP contribution in [0.2, 0.25) is 0 Å². The first-order valence-electron chi connectivity index (χ1n) is 7.08. The Kier molecular flexibility index (Phi) is 4.26. The van der Waals surface area contributed by atoms with Gasteiger partial charge in [0.1, 0.15) is 6.54 Å². The van der Waals surface area contributed by atoms with Crippen molar-refractivity contribution in [3.63, 3.8) is 0 Å². The summed E-state index contributed by atoms with van der Waals surface area (Å²) < 4.78 is 7.59. The second-order valence-electron chi connectivity index (χ2n) is 5.36. The van der Waals surface area contributed by atoms with Crippen LogP contribution in [-0.2, 0) is 16.1 Å². The minimum Gasteiger partial charge on any atom is -0.375 e. The van der Waals surface area contributed by atoms with Crippen molar-refractivity contribution in [3.8, 4) is 0 Å². The average molecular weight is 366 g/mol. The van der Waals surface area contributed by atoms with E-state index < -0.39 is 0 Å². The minimum absolute atomic E-state index is 0.000999. The number of hydrogen-bond donors (Lipinski definition) is 0. The topological polar surface area (TPSA) is 64.4 Å². The second-order valence-corrected chi connectivity index (χ2v) is 6.28. The second kappa shape index (κ2) is 6.18. The van der Waals surface area contributed by atoms with Crippen LogP contribution in [0.5, 0.6) is 0 Å². The van der Waals surface area contributed by atoms with E-state index in [0.717, 1.165) is 4.47 Å². The zero-order valence-corrected chi connectivity index (χ0v) is 13.7. The number of carbonyl (C=O) groups is 1. The van der Waals surface area contributed by atoms with Crippen molar-refractivity contribution in [1.82, 2.24) is 14.5 Å². The molecule has 1 atom stereocenters. The molecule has 1 saturated heterocycles. The molecule has 1 unspecified atom stereocenters. The lowest BCUT2D eigenvalue weighted by molar-refractivity contribution is -0.138. The molecule has 7 heteroatoms. The number of carbonyl (C=O) groups excluding carboxylic acids is 1. The third-order valence-electron chi connectivity index (χ3n) is 3.69. The van der Waals surface area contributed by atoms with Crippen molar-refractivity contribution in [1.29, 1.82) is 0 Å². The predicted octanol–water partition coefficient (Wildman–Crippen LogP) is 1.41. The first-order chi connectivity index (χ1) is 10.5. The molecule has 1 aromatic heterocycles. The number of morpholine rings is 1. The summed E-state index contributed by atoms with van der Waals surface area (Å²) in [5, 5.41) is 0.500. The minimum atomic E-state index is -0.207. The molecular formula is C15H16BrN3O3. The Balaban J connectivity index is 1.86. The zero-order chi connectivity index (χ0) is 15.7. The van der Waals surface area contributed by atoms with Gasteiger partial charge in [-0.2, -0.15) is 0 Å². The summed E-state index contributed by atoms with van der Waals surface area (Å²) in [5.41, 5.74) is 0.415. The van der Waals surface area contributed by atoms with Crippen LogP contribution < -0.4 is 5.56 Å². The SMILES string of the molecule is CC1CN(C(=O)Cn2cnc3ccc(Br)cc3c2=O)CCO1. The number of rotatable bonds is 2. The summed E-state index contributed by atoms with van der Waals surface area (Å²) >= 11 is 3.35. The lowest BCUT2D eigenvalue weighted by Crippen LogP contribution is -2.46. The summed E-state index contributed by atoms with van der Waals surface area (Å²) in [5.74, 6) is -0.0894. The molecule has 0 bridgehead atoms. The molecule has 2 heterocycles. The van der Waals surface area contributed by atoms with E-state index in [4.69, 9.17) is 4.74 Å². The summed E-state index contributed by atoms with van der Waals surface area (Å²) in [7, 11) is 0. The maximum absolute atomic E-state index is 12.5. The van der Waals surface area contributed by atoms with Crippen LogP contribution in [0.3, 0.4) is 0 Å². The van der Waals surface area contributed by atoms with Gasteiger partial charge in [-0.15, -0.1) is 0 Å². The van der Waals surface area contributed by atoms with E-state index in [9.17, 15) is 9.59 Å². The van der Waals surface area contributed by atoms with Crippen molar-refractivity contribution >= 4 is 32.7 Å². The number of fused-ring (bicyclic) bond motifs is 1. The van der Waals surface area contributed by atoms with Crippen molar-refractivity contribution in [2.75, 3.05) is 19.7 Å². The smallest absolute Gasteiger partial charge is 0.261 e. The van der Waals surface area contributed by atoms with Gasteiger partial charge >= 0.3 is 0 Å².